The molecule has 0 radical (unpaired) electrons. The molecule has 8 nitrogen and oxygen atoms in total. The molecule has 0 spiro atoms. The van der Waals surface area contributed by atoms with Gasteiger partial charge in [-0.2, -0.15) is 0 Å². The van der Waals surface area contributed by atoms with Gasteiger partial charge in [-0.15, -0.1) is 0 Å². The van der Waals surface area contributed by atoms with E-state index in [1.165, 1.54) is 33.2 Å². The molecule has 0 aromatic carbocycles. The number of nitrogens with one attached hydrogen (secondary N) is 3. The maximum absolute atomic E-state index is 11.7. The first kappa shape index (κ1) is 15.4. The number of hydrogen-bond acceptors (Lipinski definition) is 5. The molecule has 0 unspecified atom stereocenters. The van der Waals surface area contributed by atoms with Crippen molar-refractivity contribution in [3.8, 4) is 0 Å². The van der Waals surface area contributed by atoms with Crippen LogP contribution in [0.5, 0.6) is 0 Å². The number of rotatable bonds is 4. The molecule has 0 saturated heterocycles. The number of ether oxygens (including phenoxy) is 1. The number of carbonyl (C=O) groups excluding carboxylic acids is 4. The number of urea groups is 1. The van der Waals surface area contributed by atoms with Crippen LogP contribution in [0.15, 0.2) is 12.3 Å². The van der Waals surface area contributed by atoms with E-state index in [-0.39, 0.29) is 11.5 Å². The lowest BCUT2D eigenvalue weighted by Gasteiger charge is -2.11. The summed E-state index contributed by atoms with van der Waals surface area (Å²) in [4.78, 5) is 47.8. The Morgan fingerprint density at radius 3 is 2.45 bits per heavy atom. The Labute approximate surface area is 114 Å². The summed E-state index contributed by atoms with van der Waals surface area (Å²) in [7, 11) is 1.35. The first-order valence-electron chi connectivity index (χ1n) is 5.78. The van der Waals surface area contributed by atoms with Crippen molar-refractivity contribution < 1.29 is 23.9 Å². The third-order valence-electron chi connectivity index (χ3n) is 2.43. The number of aromatic nitrogens is 1. The van der Waals surface area contributed by atoms with E-state index in [2.05, 4.69) is 10.3 Å². The molecule has 0 bridgehead atoms. The van der Waals surface area contributed by atoms with Crippen LogP contribution in [0.2, 0.25) is 0 Å². The summed E-state index contributed by atoms with van der Waals surface area (Å²) in [6, 6.07) is 0.630. The maximum atomic E-state index is 11.7. The maximum Gasteiger partial charge on any atom is 0.355 e. The van der Waals surface area contributed by atoms with Crippen LogP contribution in [-0.4, -0.2) is 41.8 Å². The number of ketones is 1. The number of aromatic amines is 1. The SMILES string of the molecule is CNC(=O)NC(=O)[C@@H](C)OC(=O)c1cc(C(C)=O)c[nH]1. The van der Waals surface area contributed by atoms with Crippen LogP contribution in [0.25, 0.3) is 0 Å². The quantitative estimate of drug-likeness (QED) is 0.539. The monoisotopic (exact) mass is 281 g/mol. The van der Waals surface area contributed by atoms with Gasteiger partial charge in [0.15, 0.2) is 11.9 Å². The van der Waals surface area contributed by atoms with Gasteiger partial charge < -0.3 is 15.0 Å². The smallest absolute Gasteiger partial charge is 0.355 e. The largest absolute Gasteiger partial charge is 0.448 e. The minimum Gasteiger partial charge on any atom is -0.448 e. The highest BCUT2D eigenvalue weighted by Crippen LogP contribution is 2.07. The molecule has 8 heteroatoms. The highest BCUT2D eigenvalue weighted by atomic mass is 16.5. The van der Waals surface area contributed by atoms with Crippen LogP contribution in [0.4, 0.5) is 4.79 Å². The molecule has 108 valence electrons. The Morgan fingerprint density at radius 2 is 1.95 bits per heavy atom. The van der Waals surface area contributed by atoms with Crippen molar-refractivity contribution in [2.24, 2.45) is 0 Å². The minimum atomic E-state index is -1.15. The van der Waals surface area contributed by atoms with E-state index in [4.69, 9.17) is 4.74 Å². The van der Waals surface area contributed by atoms with Gasteiger partial charge in [0.2, 0.25) is 0 Å². The van der Waals surface area contributed by atoms with E-state index in [0.29, 0.717) is 5.56 Å². The van der Waals surface area contributed by atoms with E-state index < -0.39 is 24.0 Å². The van der Waals surface area contributed by atoms with Gasteiger partial charge in [-0.25, -0.2) is 9.59 Å². The van der Waals surface area contributed by atoms with Crippen LogP contribution in [-0.2, 0) is 9.53 Å². The molecule has 3 amide bonds. The van der Waals surface area contributed by atoms with Gasteiger partial charge >= 0.3 is 12.0 Å². The van der Waals surface area contributed by atoms with Crippen LogP contribution in [0.1, 0.15) is 34.7 Å². The Bertz CT molecular complexity index is 549. The number of esters is 1. The molecule has 0 aliphatic carbocycles. The third kappa shape index (κ3) is 3.94. The Morgan fingerprint density at radius 1 is 1.30 bits per heavy atom. The van der Waals surface area contributed by atoms with E-state index in [1.807, 2.05) is 5.32 Å². The van der Waals surface area contributed by atoms with Crippen LogP contribution in [0.3, 0.4) is 0 Å². The molecular weight excluding hydrogens is 266 g/mol. The van der Waals surface area contributed by atoms with Crippen LogP contribution in [0, 0.1) is 0 Å². The summed E-state index contributed by atoms with van der Waals surface area (Å²) in [6.45, 7) is 2.68. The van der Waals surface area contributed by atoms with Crippen molar-refractivity contribution in [1.29, 1.82) is 0 Å². The van der Waals surface area contributed by atoms with Gasteiger partial charge in [0.05, 0.1) is 0 Å². The van der Waals surface area contributed by atoms with E-state index in [9.17, 15) is 19.2 Å². The number of hydrogen-bond donors (Lipinski definition) is 3. The van der Waals surface area contributed by atoms with E-state index in [0.717, 1.165) is 0 Å². The molecule has 1 rings (SSSR count). The summed E-state index contributed by atoms with van der Waals surface area (Å²) >= 11 is 0. The zero-order valence-corrected chi connectivity index (χ0v) is 11.3. The minimum absolute atomic E-state index is 0.0507. The second-order valence-corrected chi connectivity index (χ2v) is 3.97. The van der Waals surface area contributed by atoms with Crippen molar-refractivity contribution in [1.82, 2.24) is 15.6 Å². The highest BCUT2D eigenvalue weighted by Gasteiger charge is 2.21. The fourth-order valence-corrected chi connectivity index (χ4v) is 1.27. The molecule has 0 fully saturated rings. The zero-order valence-electron chi connectivity index (χ0n) is 11.3. The van der Waals surface area contributed by atoms with Gasteiger partial charge in [-0.1, -0.05) is 0 Å². The van der Waals surface area contributed by atoms with E-state index in [1.54, 1.807) is 0 Å². The molecule has 1 atom stereocenters. The number of carbonyl (C=O) groups is 4. The van der Waals surface area contributed by atoms with Crippen molar-refractivity contribution in [3.05, 3.63) is 23.5 Å². The lowest BCUT2D eigenvalue weighted by Crippen LogP contribution is -2.43. The predicted molar refractivity (Wildman–Crippen MR) is 68.3 cm³/mol. The van der Waals surface area contributed by atoms with Crippen molar-refractivity contribution in [3.63, 3.8) is 0 Å². The van der Waals surface area contributed by atoms with Gasteiger partial charge in [0, 0.05) is 18.8 Å². The van der Waals surface area contributed by atoms with Crippen LogP contribution < -0.4 is 10.6 Å². The van der Waals surface area contributed by atoms with Crippen molar-refractivity contribution in [2.75, 3.05) is 7.05 Å². The molecule has 1 aromatic heterocycles. The lowest BCUT2D eigenvalue weighted by molar-refractivity contribution is -0.127. The first-order chi connectivity index (χ1) is 9.35. The predicted octanol–water partition coefficient (Wildman–Crippen LogP) is 0.218. The summed E-state index contributed by atoms with van der Waals surface area (Å²) < 4.78 is 4.86. The molecule has 20 heavy (non-hydrogen) atoms. The normalized spacial score (nSPS) is 11.3. The first-order valence-corrected chi connectivity index (χ1v) is 5.78. The molecule has 0 aliphatic heterocycles. The van der Waals surface area contributed by atoms with Crippen molar-refractivity contribution >= 4 is 23.7 Å². The Hall–Kier alpha value is -2.64. The fourth-order valence-electron chi connectivity index (χ4n) is 1.27. The Kier molecular flexibility index (Phi) is 5.01. The average molecular weight is 281 g/mol. The molecular formula is C12H15N3O5. The fraction of sp³-hybridized carbons (Fsp3) is 0.333. The molecule has 1 heterocycles. The number of imide groups is 1. The van der Waals surface area contributed by atoms with Gasteiger partial charge in [0.25, 0.3) is 5.91 Å². The Balaban J connectivity index is 2.62. The highest BCUT2D eigenvalue weighted by molar-refractivity contribution is 5.99. The molecule has 3 N–H and O–H groups in total. The second-order valence-electron chi connectivity index (χ2n) is 3.97. The summed E-state index contributed by atoms with van der Waals surface area (Å²) in [5.41, 5.74) is 0.384. The number of amides is 3. The number of Topliss-reactive ketones (excluding diaryl/α,β-unsaturated/α-hetero) is 1. The standard InChI is InChI=1S/C12H15N3O5/c1-6(16)8-4-9(14-5-8)11(18)20-7(2)10(17)15-12(19)13-3/h4-5,7,14H,1-3H3,(H2,13,15,17,19)/t7-/m1/s1. The van der Waals surface area contributed by atoms with Gasteiger partial charge in [-0.05, 0) is 19.9 Å². The topological polar surface area (TPSA) is 117 Å². The van der Waals surface area contributed by atoms with E-state index >= 15 is 0 Å². The molecule has 0 aliphatic rings. The van der Waals surface area contributed by atoms with Crippen LogP contribution >= 0.6 is 0 Å². The summed E-state index contributed by atoms with van der Waals surface area (Å²) in [5, 5.41) is 4.18. The lowest BCUT2D eigenvalue weighted by atomic mass is 10.2. The van der Waals surface area contributed by atoms with Gasteiger partial charge in [0.1, 0.15) is 5.69 Å². The second kappa shape index (κ2) is 6.50. The average Bonchev–Trinajstić information content (AvgIpc) is 2.88. The van der Waals surface area contributed by atoms with Crippen molar-refractivity contribution in [2.45, 2.75) is 20.0 Å². The van der Waals surface area contributed by atoms with Gasteiger partial charge in [-0.3, -0.25) is 14.9 Å². The molecule has 1 aromatic rings. The zero-order chi connectivity index (χ0) is 15.3. The molecule has 0 saturated carbocycles. The summed E-state index contributed by atoms with van der Waals surface area (Å²) in [5.74, 6) is -1.75. The summed E-state index contributed by atoms with van der Waals surface area (Å²) in [6.07, 6.45) is 0.220. The number of H-pyrrole nitrogens is 1. The third-order valence-corrected chi connectivity index (χ3v) is 2.43.